The van der Waals surface area contributed by atoms with Crippen LogP contribution in [-0.2, 0) is 11.3 Å². The number of amides is 1. The summed E-state index contributed by atoms with van der Waals surface area (Å²) in [5.41, 5.74) is 6.10. The van der Waals surface area contributed by atoms with Crippen LogP contribution in [0.2, 0.25) is 0 Å². The van der Waals surface area contributed by atoms with Gasteiger partial charge in [0.1, 0.15) is 0 Å². The predicted molar refractivity (Wildman–Crippen MR) is 87.5 cm³/mol. The molecule has 1 aliphatic rings. The fraction of sp³-hybridized carbons (Fsp3) is 0.667. The van der Waals surface area contributed by atoms with Gasteiger partial charge in [-0.15, -0.1) is 11.3 Å². The molecule has 1 heterocycles. The molecule has 1 aliphatic carbocycles. The number of rotatable bonds is 3. The Labute approximate surface area is 133 Å². The average Bonchev–Trinajstić information content (AvgIpc) is 2.79. The third-order valence-corrected chi connectivity index (χ3v) is 6.86. The first kappa shape index (κ1) is 16.0. The molecule has 1 saturated carbocycles. The van der Waals surface area contributed by atoms with Gasteiger partial charge in [-0.2, -0.15) is 0 Å². The third-order valence-electron chi connectivity index (χ3n) is 4.93. The molecule has 112 valence electrons. The minimum absolute atomic E-state index is 0.0472. The van der Waals surface area contributed by atoms with Gasteiger partial charge >= 0.3 is 0 Å². The van der Waals surface area contributed by atoms with Crippen LogP contribution in [0, 0.1) is 17.3 Å². The van der Waals surface area contributed by atoms with Crippen molar-refractivity contribution in [2.24, 2.45) is 23.0 Å². The zero-order chi connectivity index (χ0) is 14.9. The van der Waals surface area contributed by atoms with E-state index in [1.165, 1.54) is 0 Å². The van der Waals surface area contributed by atoms with Gasteiger partial charge in [0.25, 0.3) is 0 Å². The SMILES string of the molecule is CC1C(N)CCC(C(=O)NCc2sccc2Br)C1(C)C. The Hall–Kier alpha value is -0.390. The molecule has 0 saturated heterocycles. The van der Waals surface area contributed by atoms with E-state index in [0.717, 1.165) is 22.2 Å². The molecule has 0 spiro atoms. The topological polar surface area (TPSA) is 55.1 Å². The zero-order valence-electron chi connectivity index (χ0n) is 12.3. The van der Waals surface area contributed by atoms with E-state index < -0.39 is 0 Å². The van der Waals surface area contributed by atoms with E-state index in [9.17, 15) is 4.79 Å². The molecular formula is C15H23BrN2OS. The predicted octanol–water partition coefficient (Wildman–Crippen LogP) is 3.53. The quantitative estimate of drug-likeness (QED) is 0.868. The number of hydrogen-bond acceptors (Lipinski definition) is 3. The first-order chi connectivity index (χ1) is 9.34. The average molecular weight is 359 g/mol. The molecule has 1 fully saturated rings. The van der Waals surface area contributed by atoms with Gasteiger partial charge in [0.2, 0.25) is 5.91 Å². The molecule has 5 heteroatoms. The summed E-state index contributed by atoms with van der Waals surface area (Å²) in [6.45, 7) is 7.11. The summed E-state index contributed by atoms with van der Waals surface area (Å²) < 4.78 is 1.07. The molecule has 3 N–H and O–H groups in total. The maximum Gasteiger partial charge on any atom is 0.223 e. The number of nitrogens with two attached hydrogens (primary N) is 1. The Morgan fingerprint density at radius 3 is 2.85 bits per heavy atom. The molecule has 0 aromatic carbocycles. The van der Waals surface area contributed by atoms with Gasteiger partial charge in [-0.3, -0.25) is 4.79 Å². The highest BCUT2D eigenvalue weighted by Gasteiger charge is 2.44. The fourth-order valence-electron chi connectivity index (χ4n) is 3.06. The summed E-state index contributed by atoms with van der Waals surface area (Å²) in [6.07, 6.45) is 1.82. The minimum Gasteiger partial charge on any atom is -0.351 e. The van der Waals surface area contributed by atoms with Crippen LogP contribution in [0.4, 0.5) is 0 Å². The van der Waals surface area contributed by atoms with Gasteiger partial charge in [0.05, 0.1) is 6.54 Å². The Bertz CT molecular complexity index is 486. The molecule has 2 rings (SSSR count). The van der Waals surface area contributed by atoms with Crippen molar-refractivity contribution in [2.45, 2.75) is 46.2 Å². The maximum atomic E-state index is 12.5. The number of halogens is 1. The summed E-state index contributed by atoms with van der Waals surface area (Å²) in [4.78, 5) is 13.7. The van der Waals surface area contributed by atoms with Crippen molar-refractivity contribution in [3.05, 3.63) is 20.8 Å². The molecular weight excluding hydrogens is 336 g/mol. The molecule has 1 amide bonds. The number of thiophene rings is 1. The first-order valence-electron chi connectivity index (χ1n) is 7.09. The second-order valence-corrected chi connectivity index (χ2v) is 8.17. The third kappa shape index (κ3) is 3.10. The van der Waals surface area contributed by atoms with Crippen LogP contribution in [0.15, 0.2) is 15.9 Å². The molecule has 3 atom stereocenters. The summed E-state index contributed by atoms with van der Waals surface area (Å²) in [5.74, 6) is 0.575. The summed E-state index contributed by atoms with van der Waals surface area (Å²) in [5, 5.41) is 5.11. The molecule has 3 nitrogen and oxygen atoms in total. The standard InChI is InChI=1S/C15H23BrN2OS/c1-9-12(17)5-4-10(15(9,2)3)14(19)18-8-13-11(16)6-7-20-13/h6-7,9-10,12H,4-5,8,17H2,1-3H3,(H,18,19). The normalized spacial score (nSPS) is 29.1. The van der Waals surface area contributed by atoms with Crippen molar-refractivity contribution in [3.63, 3.8) is 0 Å². The summed E-state index contributed by atoms with van der Waals surface area (Å²) in [7, 11) is 0. The zero-order valence-corrected chi connectivity index (χ0v) is 14.7. The number of carbonyl (C=O) groups is 1. The largest absolute Gasteiger partial charge is 0.351 e. The molecule has 1 aromatic heterocycles. The minimum atomic E-state index is -0.0472. The van der Waals surface area contributed by atoms with Gasteiger partial charge in [-0.1, -0.05) is 20.8 Å². The van der Waals surface area contributed by atoms with E-state index in [2.05, 4.69) is 42.0 Å². The Balaban J connectivity index is 2.00. The Morgan fingerprint density at radius 1 is 1.55 bits per heavy atom. The van der Waals surface area contributed by atoms with E-state index in [-0.39, 0.29) is 23.3 Å². The second-order valence-electron chi connectivity index (χ2n) is 6.31. The number of nitrogens with one attached hydrogen (secondary N) is 1. The van der Waals surface area contributed by atoms with Crippen LogP contribution in [0.3, 0.4) is 0 Å². The fourth-order valence-corrected chi connectivity index (χ4v) is 4.49. The summed E-state index contributed by atoms with van der Waals surface area (Å²) in [6, 6.07) is 2.22. The highest BCUT2D eigenvalue weighted by molar-refractivity contribution is 9.10. The van der Waals surface area contributed by atoms with Gasteiger partial charge in [0, 0.05) is 21.3 Å². The van der Waals surface area contributed by atoms with Crippen molar-refractivity contribution in [3.8, 4) is 0 Å². The summed E-state index contributed by atoms with van der Waals surface area (Å²) >= 11 is 5.15. The van der Waals surface area contributed by atoms with Crippen molar-refractivity contribution < 1.29 is 4.79 Å². The molecule has 0 bridgehead atoms. The first-order valence-corrected chi connectivity index (χ1v) is 8.76. The van der Waals surface area contributed by atoms with Gasteiger partial charge < -0.3 is 11.1 Å². The van der Waals surface area contributed by atoms with Crippen molar-refractivity contribution >= 4 is 33.2 Å². The van der Waals surface area contributed by atoms with Crippen LogP contribution in [-0.4, -0.2) is 11.9 Å². The second kappa shape index (κ2) is 6.16. The lowest BCUT2D eigenvalue weighted by atomic mass is 9.61. The monoisotopic (exact) mass is 358 g/mol. The van der Waals surface area contributed by atoms with Gasteiger partial charge in [-0.25, -0.2) is 0 Å². The van der Waals surface area contributed by atoms with Crippen molar-refractivity contribution in [2.75, 3.05) is 0 Å². The van der Waals surface area contributed by atoms with Crippen LogP contribution in [0.25, 0.3) is 0 Å². The lowest BCUT2D eigenvalue weighted by Gasteiger charge is -2.46. The van der Waals surface area contributed by atoms with Crippen molar-refractivity contribution in [1.82, 2.24) is 5.32 Å². The van der Waals surface area contributed by atoms with E-state index in [1.807, 2.05) is 11.4 Å². The number of carbonyl (C=O) groups excluding carboxylic acids is 1. The van der Waals surface area contributed by atoms with Gasteiger partial charge in [-0.05, 0) is 51.6 Å². The van der Waals surface area contributed by atoms with E-state index in [0.29, 0.717) is 12.5 Å². The lowest BCUT2D eigenvalue weighted by molar-refractivity contribution is -0.132. The lowest BCUT2D eigenvalue weighted by Crippen LogP contribution is -2.51. The van der Waals surface area contributed by atoms with Crippen LogP contribution in [0.1, 0.15) is 38.5 Å². The molecule has 0 radical (unpaired) electrons. The smallest absolute Gasteiger partial charge is 0.223 e. The van der Waals surface area contributed by atoms with Crippen LogP contribution < -0.4 is 11.1 Å². The van der Waals surface area contributed by atoms with Gasteiger partial charge in [0.15, 0.2) is 0 Å². The molecule has 20 heavy (non-hydrogen) atoms. The van der Waals surface area contributed by atoms with Crippen LogP contribution >= 0.6 is 27.3 Å². The van der Waals surface area contributed by atoms with Crippen LogP contribution in [0.5, 0.6) is 0 Å². The Kier molecular flexibility index (Phi) is 4.92. The Morgan fingerprint density at radius 2 is 2.25 bits per heavy atom. The van der Waals surface area contributed by atoms with E-state index in [4.69, 9.17) is 5.73 Å². The van der Waals surface area contributed by atoms with E-state index >= 15 is 0 Å². The number of hydrogen-bond donors (Lipinski definition) is 2. The maximum absolute atomic E-state index is 12.5. The molecule has 3 unspecified atom stereocenters. The molecule has 0 aliphatic heterocycles. The van der Waals surface area contributed by atoms with Crippen molar-refractivity contribution in [1.29, 1.82) is 0 Å². The van der Waals surface area contributed by atoms with E-state index in [1.54, 1.807) is 11.3 Å². The highest BCUT2D eigenvalue weighted by Crippen LogP contribution is 2.44. The highest BCUT2D eigenvalue weighted by atomic mass is 79.9. The molecule has 1 aromatic rings.